The molecule has 0 aliphatic rings. The van der Waals surface area contributed by atoms with Gasteiger partial charge in [0.1, 0.15) is 0 Å². The molecule has 0 N–H and O–H groups in total. The zero-order chi connectivity index (χ0) is 21.8. The fraction of sp³-hybridized carbons (Fsp3) is 0.100. The van der Waals surface area contributed by atoms with Gasteiger partial charge in [-0.15, -0.1) is 27.0 Å². The van der Waals surface area contributed by atoms with Crippen LogP contribution in [-0.2, 0) is 12.3 Å². The van der Waals surface area contributed by atoms with E-state index in [4.69, 9.17) is 16.0 Å². The Morgan fingerprint density at radius 1 is 1.06 bits per heavy atom. The van der Waals surface area contributed by atoms with E-state index in [0.717, 1.165) is 5.56 Å². The first-order valence-corrected chi connectivity index (χ1v) is 10.4. The first-order chi connectivity index (χ1) is 15.0. The minimum Gasteiger partial charge on any atom is -0.420 e. The van der Waals surface area contributed by atoms with Crippen LogP contribution in [0.2, 0.25) is 5.02 Å². The van der Waals surface area contributed by atoms with Crippen LogP contribution < -0.4 is 0 Å². The fourth-order valence-electron chi connectivity index (χ4n) is 2.78. The lowest BCUT2D eigenvalue weighted by Crippen LogP contribution is -2.00. The molecule has 0 saturated carbocycles. The minimum absolute atomic E-state index is 0.00269. The summed E-state index contributed by atoms with van der Waals surface area (Å²) in [6, 6.07) is 13.3. The van der Waals surface area contributed by atoms with Crippen LogP contribution >= 0.6 is 23.4 Å². The number of non-ortho nitro benzene ring substituents is 1. The maximum Gasteiger partial charge on any atom is 0.269 e. The summed E-state index contributed by atoms with van der Waals surface area (Å²) in [4.78, 5) is 10.3. The van der Waals surface area contributed by atoms with E-state index in [1.807, 2.05) is 16.7 Å². The fourth-order valence-corrected chi connectivity index (χ4v) is 3.69. The number of hydrogen-bond donors (Lipinski definition) is 0. The van der Waals surface area contributed by atoms with E-state index in [2.05, 4.69) is 27.0 Å². The maximum atomic E-state index is 10.8. The highest BCUT2D eigenvalue weighted by molar-refractivity contribution is 7.98. The van der Waals surface area contributed by atoms with Crippen LogP contribution in [0.25, 0.3) is 22.8 Å². The van der Waals surface area contributed by atoms with E-state index >= 15 is 0 Å². The third-order valence-electron chi connectivity index (χ3n) is 4.25. The summed E-state index contributed by atoms with van der Waals surface area (Å²) in [6.07, 6.45) is 1.77. The molecule has 2 aromatic carbocycles. The number of allylic oxidation sites excluding steroid dienone is 1. The van der Waals surface area contributed by atoms with Crippen molar-refractivity contribution < 1.29 is 9.34 Å². The molecule has 11 heteroatoms. The quantitative estimate of drug-likeness (QED) is 0.157. The van der Waals surface area contributed by atoms with E-state index in [1.54, 1.807) is 30.3 Å². The molecule has 0 aliphatic carbocycles. The number of hydrogen-bond acceptors (Lipinski definition) is 8. The first-order valence-electron chi connectivity index (χ1n) is 9.05. The summed E-state index contributed by atoms with van der Waals surface area (Å²) in [5.41, 5.74) is 1.50. The van der Waals surface area contributed by atoms with Crippen LogP contribution in [0.4, 0.5) is 5.69 Å². The molecule has 0 aliphatic heterocycles. The molecule has 9 nitrogen and oxygen atoms in total. The normalized spacial score (nSPS) is 10.9. The van der Waals surface area contributed by atoms with Gasteiger partial charge in [-0.2, -0.15) is 0 Å². The van der Waals surface area contributed by atoms with Gasteiger partial charge in [-0.05, 0) is 36.4 Å². The minimum atomic E-state index is -0.461. The highest BCUT2D eigenvalue weighted by atomic mass is 35.5. The van der Waals surface area contributed by atoms with Gasteiger partial charge in [0.25, 0.3) is 5.69 Å². The molecule has 31 heavy (non-hydrogen) atoms. The Hall–Kier alpha value is -3.50. The number of nitro benzene ring substituents is 1. The molecule has 0 radical (unpaired) electrons. The maximum absolute atomic E-state index is 10.8. The second-order valence-electron chi connectivity index (χ2n) is 6.31. The smallest absolute Gasteiger partial charge is 0.269 e. The number of nitrogens with zero attached hydrogens (tertiary/aromatic N) is 6. The van der Waals surface area contributed by atoms with Crippen LogP contribution in [0, 0.1) is 10.1 Å². The van der Waals surface area contributed by atoms with Crippen molar-refractivity contribution in [3.8, 4) is 22.8 Å². The number of benzene rings is 2. The zero-order valence-corrected chi connectivity index (χ0v) is 17.6. The lowest BCUT2D eigenvalue weighted by atomic mass is 10.2. The van der Waals surface area contributed by atoms with Crippen LogP contribution in [0.5, 0.6) is 0 Å². The topological polar surface area (TPSA) is 113 Å². The average molecular weight is 455 g/mol. The van der Waals surface area contributed by atoms with Gasteiger partial charge in [-0.25, -0.2) is 0 Å². The van der Waals surface area contributed by atoms with E-state index in [9.17, 15) is 10.1 Å². The standard InChI is InChI=1S/C20H15ClN6O3S/c1-2-11-26-18(13-3-7-15(21)8-4-13)23-25-20(26)31-12-17-22-24-19(30-17)14-5-9-16(10-6-14)27(28)29/h2-10H,1,11-12H2. The highest BCUT2D eigenvalue weighted by Gasteiger charge is 2.16. The second kappa shape index (κ2) is 9.11. The first kappa shape index (κ1) is 20.8. The molecule has 0 saturated heterocycles. The Balaban J connectivity index is 1.50. The Labute approximate surface area is 185 Å². The van der Waals surface area contributed by atoms with Gasteiger partial charge in [0, 0.05) is 34.8 Å². The molecule has 0 spiro atoms. The van der Waals surface area contributed by atoms with Gasteiger partial charge in [-0.1, -0.05) is 29.4 Å². The van der Waals surface area contributed by atoms with E-state index < -0.39 is 4.92 Å². The molecule has 0 bridgehead atoms. The predicted octanol–water partition coefficient (Wildman–Crippen LogP) is 5.04. The summed E-state index contributed by atoms with van der Waals surface area (Å²) in [5.74, 6) is 1.78. The third-order valence-corrected chi connectivity index (χ3v) is 5.45. The van der Waals surface area contributed by atoms with Gasteiger partial charge >= 0.3 is 0 Å². The van der Waals surface area contributed by atoms with Crippen molar-refractivity contribution in [2.24, 2.45) is 0 Å². The summed E-state index contributed by atoms with van der Waals surface area (Å²) >= 11 is 7.38. The Morgan fingerprint density at radius 3 is 2.45 bits per heavy atom. The lowest BCUT2D eigenvalue weighted by Gasteiger charge is -2.07. The molecular formula is C20H15ClN6O3S. The van der Waals surface area contributed by atoms with Crippen LogP contribution in [0.15, 0.2) is 70.8 Å². The molecule has 4 aromatic rings. The SMILES string of the molecule is C=CCn1c(SCc2nnc(-c3ccc([N+](=O)[O-])cc3)o2)nnc1-c1ccc(Cl)cc1. The number of halogens is 1. The van der Waals surface area contributed by atoms with Gasteiger partial charge in [0.2, 0.25) is 11.8 Å². The third kappa shape index (κ3) is 4.65. The highest BCUT2D eigenvalue weighted by Crippen LogP contribution is 2.28. The molecule has 4 rings (SSSR count). The van der Waals surface area contributed by atoms with E-state index in [1.165, 1.54) is 23.9 Å². The second-order valence-corrected chi connectivity index (χ2v) is 7.68. The number of nitro groups is 1. The van der Waals surface area contributed by atoms with Crippen molar-refractivity contribution in [3.63, 3.8) is 0 Å². The largest absolute Gasteiger partial charge is 0.420 e. The van der Waals surface area contributed by atoms with E-state index in [-0.39, 0.29) is 5.69 Å². The molecule has 0 fully saturated rings. The van der Waals surface area contributed by atoms with Crippen LogP contribution in [-0.4, -0.2) is 29.9 Å². The number of rotatable bonds is 8. The summed E-state index contributed by atoms with van der Waals surface area (Å²) < 4.78 is 7.63. The van der Waals surface area contributed by atoms with Crippen molar-refractivity contribution in [3.05, 3.63) is 82.2 Å². The van der Waals surface area contributed by atoms with Gasteiger partial charge in [0.05, 0.1) is 10.7 Å². The average Bonchev–Trinajstić information content (AvgIpc) is 3.41. The molecule has 2 aromatic heterocycles. The van der Waals surface area contributed by atoms with Crippen LogP contribution in [0.1, 0.15) is 5.89 Å². The van der Waals surface area contributed by atoms with E-state index in [0.29, 0.717) is 45.6 Å². The predicted molar refractivity (Wildman–Crippen MR) is 117 cm³/mol. The molecule has 0 atom stereocenters. The van der Waals surface area contributed by atoms with Crippen LogP contribution in [0.3, 0.4) is 0 Å². The molecule has 0 amide bonds. The Morgan fingerprint density at radius 2 is 1.77 bits per heavy atom. The van der Waals surface area contributed by atoms with Gasteiger partial charge in [-0.3, -0.25) is 14.7 Å². The van der Waals surface area contributed by atoms with Crippen molar-refractivity contribution in [1.29, 1.82) is 0 Å². The Kier molecular flexibility index (Phi) is 6.10. The molecular weight excluding hydrogens is 440 g/mol. The summed E-state index contributed by atoms with van der Waals surface area (Å²) in [7, 11) is 0. The van der Waals surface area contributed by atoms with Gasteiger partial charge < -0.3 is 4.42 Å². The monoisotopic (exact) mass is 454 g/mol. The van der Waals surface area contributed by atoms with Crippen molar-refractivity contribution in [1.82, 2.24) is 25.0 Å². The summed E-state index contributed by atoms with van der Waals surface area (Å²) in [5, 5.41) is 28.8. The number of thioether (sulfide) groups is 1. The number of aromatic nitrogens is 5. The van der Waals surface area contributed by atoms with Crippen molar-refractivity contribution in [2.75, 3.05) is 0 Å². The summed E-state index contributed by atoms with van der Waals surface area (Å²) in [6.45, 7) is 4.34. The molecule has 2 heterocycles. The van der Waals surface area contributed by atoms with Gasteiger partial charge in [0.15, 0.2) is 11.0 Å². The lowest BCUT2D eigenvalue weighted by molar-refractivity contribution is -0.384. The van der Waals surface area contributed by atoms with Crippen molar-refractivity contribution in [2.45, 2.75) is 17.5 Å². The zero-order valence-electron chi connectivity index (χ0n) is 16.0. The van der Waals surface area contributed by atoms with Crippen molar-refractivity contribution >= 4 is 29.1 Å². The molecule has 156 valence electrons. The molecule has 0 unspecified atom stereocenters. The Bertz CT molecular complexity index is 1220.